The van der Waals surface area contributed by atoms with Crippen molar-refractivity contribution in [2.75, 3.05) is 13.1 Å². The van der Waals surface area contributed by atoms with Crippen LogP contribution in [-0.4, -0.2) is 59.5 Å². The molecule has 0 aliphatic carbocycles. The average Bonchev–Trinajstić information content (AvgIpc) is 3.15. The predicted octanol–water partition coefficient (Wildman–Crippen LogP) is 2.26. The lowest BCUT2D eigenvalue weighted by Crippen LogP contribution is -2.45. The summed E-state index contributed by atoms with van der Waals surface area (Å²) in [6.45, 7) is 6.26. The summed E-state index contributed by atoms with van der Waals surface area (Å²) in [7, 11) is -3.49. The molecule has 0 bridgehead atoms. The summed E-state index contributed by atoms with van der Waals surface area (Å²) in [6, 6.07) is 10.8. The quantitative estimate of drug-likeness (QED) is 0.727. The third kappa shape index (κ3) is 6.28. The Labute approximate surface area is 172 Å². The first-order chi connectivity index (χ1) is 13.9. The van der Waals surface area contributed by atoms with E-state index >= 15 is 0 Å². The first-order valence-corrected chi connectivity index (χ1v) is 10.5. The van der Waals surface area contributed by atoms with Gasteiger partial charge in [-0.1, -0.05) is 18.2 Å². The molecule has 3 rings (SSSR count). The average molecular weight is 448 g/mol. The number of alkyl halides is 3. The van der Waals surface area contributed by atoms with Crippen molar-refractivity contribution in [1.29, 1.82) is 0 Å². The largest absolute Gasteiger partial charge is 0.490 e. The number of nitrogens with zero attached hydrogens (tertiary/aromatic N) is 3. The van der Waals surface area contributed by atoms with E-state index in [4.69, 9.17) is 9.90 Å². The number of aliphatic carboxylic acids is 1. The topological polar surface area (TPSA) is 105 Å². The van der Waals surface area contributed by atoms with Gasteiger partial charge in [-0.2, -0.15) is 18.3 Å². The van der Waals surface area contributed by atoms with Crippen molar-refractivity contribution in [2.24, 2.45) is 0 Å². The van der Waals surface area contributed by atoms with Gasteiger partial charge < -0.3 is 5.11 Å². The smallest absolute Gasteiger partial charge is 0.475 e. The lowest BCUT2D eigenvalue weighted by molar-refractivity contribution is -0.192. The normalized spacial score (nSPS) is 17.2. The summed E-state index contributed by atoms with van der Waals surface area (Å²) in [6.07, 6.45) is -3.31. The van der Waals surface area contributed by atoms with Gasteiger partial charge in [-0.25, -0.2) is 17.9 Å². The van der Waals surface area contributed by atoms with E-state index in [1.807, 2.05) is 10.7 Å². The predicted molar refractivity (Wildman–Crippen MR) is 102 cm³/mol. The lowest BCUT2D eigenvalue weighted by atomic mass is 10.1. The maximum atomic E-state index is 12.4. The maximum Gasteiger partial charge on any atom is 0.490 e. The van der Waals surface area contributed by atoms with Crippen LogP contribution in [0.5, 0.6) is 0 Å². The first-order valence-electron chi connectivity index (χ1n) is 9.03. The standard InChI is InChI=1S/C16H22N4O2S.C2HF3O2/c1-13(2)19-11-14-8-9-17-20(14)15(12-19)10-18-23(21,22)16-6-4-3-5-7-16;3-2(4,5)1(6)7/h3-9,13,15,18H,10-12H2,1-2H3;(H,6,7). The van der Waals surface area contributed by atoms with E-state index in [1.54, 1.807) is 36.5 Å². The molecule has 12 heteroatoms. The Morgan fingerprint density at radius 1 is 1.27 bits per heavy atom. The Morgan fingerprint density at radius 2 is 1.87 bits per heavy atom. The van der Waals surface area contributed by atoms with Crippen molar-refractivity contribution in [1.82, 2.24) is 19.4 Å². The van der Waals surface area contributed by atoms with Gasteiger partial charge in [-0.3, -0.25) is 9.58 Å². The van der Waals surface area contributed by atoms with E-state index in [-0.39, 0.29) is 10.9 Å². The highest BCUT2D eigenvalue weighted by atomic mass is 32.2. The minimum atomic E-state index is -5.08. The Morgan fingerprint density at radius 3 is 2.40 bits per heavy atom. The molecule has 0 amide bonds. The number of benzene rings is 1. The van der Waals surface area contributed by atoms with Crippen LogP contribution < -0.4 is 4.72 Å². The van der Waals surface area contributed by atoms with Crippen LogP contribution in [0.15, 0.2) is 47.5 Å². The zero-order valence-corrected chi connectivity index (χ0v) is 17.2. The molecule has 1 aliphatic heterocycles. The number of hydrogen-bond acceptors (Lipinski definition) is 5. The molecule has 2 aromatic rings. The summed E-state index contributed by atoms with van der Waals surface area (Å²) in [5, 5.41) is 11.5. The minimum absolute atomic E-state index is 0.00497. The number of hydrogen-bond donors (Lipinski definition) is 2. The van der Waals surface area contributed by atoms with Gasteiger partial charge in [0.1, 0.15) is 0 Å². The Kier molecular flexibility index (Phi) is 7.61. The molecule has 1 aliphatic rings. The van der Waals surface area contributed by atoms with E-state index in [9.17, 15) is 21.6 Å². The molecule has 166 valence electrons. The van der Waals surface area contributed by atoms with E-state index in [1.165, 1.54) is 0 Å². The van der Waals surface area contributed by atoms with Crippen molar-refractivity contribution >= 4 is 16.0 Å². The van der Waals surface area contributed by atoms with Gasteiger partial charge in [-0.15, -0.1) is 0 Å². The van der Waals surface area contributed by atoms with Gasteiger partial charge in [0.05, 0.1) is 16.6 Å². The molecule has 2 N–H and O–H groups in total. The number of aromatic nitrogens is 2. The van der Waals surface area contributed by atoms with Gasteiger partial charge in [0.25, 0.3) is 0 Å². The summed E-state index contributed by atoms with van der Waals surface area (Å²) >= 11 is 0. The van der Waals surface area contributed by atoms with E-state index in [0.717, 1.165) is 18.8 Å². The number of carboxylic acid groups (broad SMARTS) is 1. The third-order valence-electron chi connectivity index (χ3n) is 4.44. The van der Waals surface area contributed by atoms with Crippen LogP contribution in [0, 0.1) is 0 Å². The molecular weight excluding hydrogens is 425 g/mol. The second-order valence-corrected chi connectivity index (χ2v) is 8.68. The molecule has 0 saturated carbocycles. The summed E-state index contributed by atoms with van der Waals surface area (Å²) in [4.78, 5) is 11.5. The zero-order chi connectivity index (χ0) is 22.5. The van der Waals surface area contributed by atoms with Gasteiger partial charge in [0, 0.05) is 31.9 Å². The van der Waals surface area contributed by atoms with Crippen molar-refractivity contribution in [2.45, 2.75) is 43.5 Å². The van der Waals surface area contributed by atoms with E-state index in [2.05, 4.69) is 28.6 Å². The Bertz CT molecular complexity index is 946. The first kappa shape index (κ1) is 23.8. The van der Waals surface area contributed by atoms with Crippen molar-refractivity contribution < 1.29 is 31.5 Å². The zero-order valence-electron chi connectivity index (χ0n) is 16.4. The highest BCUT2D eigenvalue weighted by molar-refractivity contribution is 7.89. The highest BCUT2D eigenvalue weighted by Gasteiger charge is 2.38. The highest BCUT2D eigenvalue weighted by Crippen LogP contribution is 2.22. The van der Waals surface area contributed by atoms with Gasteiger partial charge in [-0.05, 0) is 32.0 Å². The molecule has 0 fully saturated rings. The molecule has 1 aromatic carbocycles. The molecule has 0 saturated heterocycles. The van der Waals surface area contributed by atoms with Gasteiger partial charge >= 0.3 is 12.1 Å². The fraction of sp³-hybridized carbons (Fsp3) is 0.444. The van der Waals surface area contributed by atoms with E-state index < -0.39 is 22.2 Å². The number of carbonyl (C=O) groups is 1. The SMILES string of the molecule is CC(C)N1Cc2ccnn2C(CNS(=O)(=O)c2ccccc2)C1.O=C(O)C(F)(F)F. The number of halogens is 3. The van der Waals surface area contributed by atoms with Crippen molar-refractivity contribution in [3.8, 4) is 0 Å². The third-order valence-corrected chi connectivity index (χ3v) is 5.88. The number of nitrogens with one attached hydrogen (secondary N) is 1. The molecule has 0 radical (unpaired) electrons. The number of fused-ring (bicyclic) bond motifs is 1. The molecular formula is C18H23F3N4O4S. The Balaban J connectivity index is 0.000000396. The fourth-order valence-corrected chi connectivity index (χ4v) is 3.94. The van der Waals surface area contributed by atoms with Crippen molar-refractivity contribution in [3.05, 3.63) is 48.3 Å². The maximum absolute atomic E-state index is 12.4. The van der Waals surface area contributed by atoms with Crippen LogP contribution >= 0.6 is 0 Å². The van der Waals surface area contributed by atoms with Crippen molar-refractivity contribution in [3.63, 3.8) is 0 Å². The molecule has 30 heavy (non-hydrogen) atoms. The molecule has 8 nitrogen and oxygen atoms in total. The summed E-state index contributed by atoms with van der Waals surface area (Å²) in [5.74, 6) is -2.76. The number of rotatable bonds is 5. The van der Waals surface area contributed by atoms with Gasteiger partial charge in [0.15, 0.2) is 0 Å². The molecule has 0 spiro atoms. The molecule has 1 atom stereocenters. The summed E-state index contributed by atoms with van der Waals surface area (Å²) in [5.41, 5.74) is 1.12. The minimum Gasteiger partial charge on any atom is -0.475 e. The molecule has 2 heterocycles. The van der Waals surface area contributed by atoms with Crippen LogP contribution in [0.25, 0.3) is 0 Å². The lowest BCUT2D eigenvalue weighted by Gasteiger charge is -2.36. The van der Waals surface area contributed by atoms with Gasteiger partial charge in [0.2, 0.25) is 10.0 Å². The second kappa shape index (κ2) is 9.58. The number of sulfonamides is 1. The monoisotopic (exact) mass is 448 g/mol. The van der Waals surface area contributed by atoms with Crippen LogP contribution in [0.2, 0.25) is 0 Å². The fourth-order valence-electron chi connectivity index (χ4n) is 2.85. The Hall–Kier alpha value is -2.44. The molecule has 1 aromatic heterocycles. The number of carboxylic acids is 1. The van der Waals surface area contributed by atoms with E-state index in [0.29, 0.717) is 12.6 Å². The second-order valence-electron chi connectivity index (χ2n) is 6.91. The molecule has 1 unspecified atom stereocenters. The summed E-state index contributed by atoms with van der Waals surface area (Å²) < 4.78 is 61.2. The van der Waals surface area contributed by atoms with Crippen LogP contribution in [0.1, 0.15) is 25.6 Å². The van der Waals surface area contributed by atoms with Crippen LogP contribution in [0.4, 0.5) is 13.2 Å². The van der Waals surface area contributed by atoms with Crippen LogP contribution in [-0.2, 0) is 21.4 Å². The van der Waals surface area contributed by atoms with Crippen LogP contribution in [0.3, 0.4) is 0 Å².